The summed E-state index contributed by atoms with van der Waals surface area (Å²) in [5.74, 6) is 0.0298. The number of carbonyl (C=O) groups is 1. The van der Waals surface area contributed by atoms with Crippen LogP contribution in [0.2, 0.25) is 0 Å². The van der Waals surface area contributed by atoms with E-state index in [9.17, 15) is 9.90 Å². The van der Waals surface area contributed by atoms with Crippen LogP contribution in [0, 0.1) is 0 Å². The number of hydrogen-bond donors (Lipinski definition) is 1. The molecule has 6 heteroatoms. The van der Waals surface area contributed by atoms with Crippen LogP contribution in [0.4, 0.5) is 0 Å². The number of aromatic nitrogens is 2. The Morgan fingerprint density at radius 3 is 2.89 bits per heavy atom. The summed E-state index contributed by atoms with van der Waals surface area (Å²) in [6.45, 7) is 7.02. The number of hydroxylamine groups is 2. The molecule has 100 valence electrons. The Hall–Kier alpha value is -1.40. The predicted octanol–water partition coefficient (Wildman–Crippen LogP) is 0.775. The lowest BCUT2D eigenvalue weighted by Gasteiger charge is -2.13. The van der Waals surface area contributed by atoms with E-state index in [0.29, 0.717) is 12.2 Å². The fourth-order valence-electron chi connectivity index (χ4n) is 1.87. The van der Waals surface area contributed by atoms with Crippen molar-refractivity contribution in [3.8, 4) is 0 Å². The van der Waals surface area contributed by atoms with Gasteiger partial charge in [-0.05, 0) is 18.9 Å². The molecular formula is C12H19N3O3. The van der Waals surface area contributed by atoms with E-state index in [-0.39, 0.29) is 25.0 Å². The largest absolute Gasteiger partial charge is 0.389 e. The molecule has 0 spiro atoms. The van der Waals surface area contributed by atoms with Crippen LogP contribution in [0.3, 0.4) is 0 Å². The molecule has 0 aliphatic carbocycles. The number of aliphatic hydroxyl groups excluding tert-OH is 1. The highest BCUT2D eigenvalue weighted by Gasteiger charge is 2.29. The van der Waals surface area contributed by atoms with E-state index in [1.165, 1.54) is 5.06 Å². The second kappa shape index (κ2) is 5.07. The van der Waals surface area contributed by atoms with Gasteiger partial charge in [0, 0.05) is 6.54 Å². The van der Waals surface area contributed by atoms with Crippen LogP contribution in [0.5, 0.6) is 0 Å². The predicted molar refractivity (Wildman–Crippen MR) is 65.0 cm³/mol. The molecule has 1 saturated heterocycles. The number of carbonyl (C=O) groups excluding carboxylic acids is 1. The maximum absolute atomic E-state index is 12.2. The van der Waals surface area contributed by atoms with Gasteiger partial charge < -0.3 is 5.11 Å². The summed E-state index contributed by atoms with van der Waals surface area (Å²) in [6, 6.07) is 1.80. The van der Waals surface area contributed by atoms with E-state index < -0.39 is 6.10 Å². The molecule has 0 aromatic carbocycles. The highest BCUT2D eigenvalue weighted by atomic mass is 16.7. The zero-order valence-corrected chi connectivity index (χ0v) is 11.0. The minimum atomic E-state index is -0.600. The van der Waals surface area contributed by atoms with Gasteiger partial charge in [-0.3, -0.25) is 14.3 Å². The molecule has 2 rings (SSSR count). The van der Waals surface area contributed by atoms with Crippen molar-refractivity contribution in [3.63, 3.8) is 0 Å². The third-order valence-electron chi connectivity index (χ3n) is 2.93. The lowest BCUT2D eigenvalue weighted by Crippen LogP contribution is -2.30. The van der Waals surface area contributed by atoms with Crippen LogP contribution >= 0.6 is 0 Å². The Morgan fingerprint density at radius 1 is 1.67 bits per heavy atom. The molecule has 1 aromatic rings. The molecule has 2 heterocycles. The van der Waals surface area contributed by atoms with Crippen molar-refractivity contribution in [1.82, 2.24) is 14.8 Å². The first-order chi connectivity index (χ1) is 8.52. The molecule has 1 fully saturated rings. The maximum atomic E-state index is 12.2. The first-order valence-corrected chi connectivity index (χ1v) is 6.23. The molecule has 1 aromatic heterocycles. The number of nitrogens with zero attached hydrogens (tertiary/aromatic N) is 3. The molecule has 0 radical (unpaired) electrons. The summed E-state index contributed by atoms with van der Waals surface area (Å²) in [5.41, 5.74) is 1.40. The van der Waals surface area contributed by atoms with E-state index in [2.05, 4.69) is 5.10 Å². The molecule has 1 atom stereocenters. The highest BCUT2D eigenvalue weighted by molar-refractivity contribution is 5.92. The molecule has 1 N–H and O–H groups in total. The van der Waals surface area contributed by atoms with E-state index in [0.717, 1.165) is 5.69 Å². The van der Waals surface area contributed by atoms with Crippen LogP contribution < -0.4 is 0 Å². The molecule has 0 saturated carbocycles. The van der Waals surface area contributed by atoms with Crippen LogP contribution in [0.1, 0.15) is 42.9 Å². The smallest absolute Gasteiger partial charge is 0.295 e. The second-order valence-corrected chi connectivity index (χ2v) is 4.74. The van der Waals surface area contributed by atoms with Gasteiger partial charge in [-0.25, -0.2) is 5.06 Å². The zero-order valence-electron chi connectivity index (χ0n) is 11.0. The number of rotatable bonds is 3. The van der Waals surface area contributed by atoms with Crippen LogP contribution in [0.25, 0.3) is 0 Å². The molecule has 1 unspecified atom stereocenters. The summed E-state index contributed by atoms with van der Waals surface area (Å²) < 4.78 is 1.67. The fraction of sp³-hybridized carbons (Fsp3) is 0.667. The van der Waals surface area contributed by atoms with Gasteiger partial charge in [0.05, 0.1) is 12.2 Å². The number of β-amino-alcohol motifs (C(OH)–C–C–N with tert-alkyl or cyclic N) is 1. The summed E-state index contributed by atoms with van der Waals surface area (Å²) in [4.78, 5) is 17.4. The average molecular weight is 253 g/mol. The van der Waals surface area contributed by atoms with Crippen molar-refractivity contribution in [1.29, 1.82) is 0 Å². The summed E-state index contributed by atoms with van der Waals surface area (Å²) in [5, 5.41) is 15.0. The topological polar surface area (TPSA) is 67.6 Å². The summed E-state index contributed by atoms with van der Waals surface area (Å²) in [6.07, 6.45) is -0.600. The Balaban J connectivity index is 2.23. The van der Waals surface area contributed by atoms with Gasteiger partial charge in [0.1, 0.15) is 18.4 Å². The first-order valence-electron chi connectivity index (χ1n) is 6.23. The third-order valence-corrected chi connectivity index (χ3v) is 2.93. The van der Waals surface area contributed by atoms with Gasteiger partial charge in [-0.15, -0.1) is 0 Å². The molecule has 18 heavy (non-hydrogen) atoms. The lowest BCUT2D eigenvalue weighted by molar-refractivity contribution is -0.0786. The van der Waals surface area contributed by atoms with Gasteiger partial charge >= 0.3 is 0 Å². The Bertz CT molecular complexity index is 442. The average Bonchev–Trinajstić information content (AvgIpc) is 2.93. The number of amides is 1. The quantitative estimate of drug-likeness (QED) is 0.864. The van der Waals surface area contributed by atoms with Crippen molar-refractivity contribution in [2.45, 2.75) is 39.3 Å². The highest BCUT2D eigenvalue weighted by Crippen LogP contribution is 2.17. The molecule has 1 amide bonds. The SMILES string of the molecule is CCn1nc(C(C)C)cc1C(=O)N1CC(O)CO1. The number of aliphatic hydroxyl groups is 1. The Morgan fingerprint density at radius 2 is 2.39 bits per heavy atom. The first kappa shape index (κ1) is 13.0. The zero-order chi connectivity index (χ0) is 13.3. The van der Waals surface area contributed by atoms with Crippen molar-refractivity contribution < 1.29 is 14.7 Å². The second-order valence-electron chi connectivity index (χ2n) is 4.74. The third kappa shape index (κ3) is 2.39. The fourth-order valence-corrected chi connectivity index (χ4v) is 1.87. The monoisotopic (exact) mass is 253 g/mol. The van der Waals surface area contributed by atoms with E-state index in [1.807, 2.05) is 20.8 Å². The van der Waals surface area contributed by atoms with Crippen molar-refractivity contribution >= 4 is 5.91 Å². The van der Waals surface area contributed by atoms with Gasteiger partial charge in [0.2, 0.25) is 0 Å². The summed E-state index contributed by atoms with van der Waals surface area (Å²) in [7, 11) is 0. The number of aryl methyl sites for hydroxylation is 1. The number of hydrogen-bond acceptors (Lipinski definition) is 4. The van der Waals surface area contributed by atoms with E-state index in [4.69, 9.17) is 4.84 Å². The standard InChI is InChI=1S/C12H19N3O3/c1-4-14-11(5-10(13-14)8(2)3)12(17)15-6-9(16)7-18-15/h5,8-9,16H,4,6-7H2,1-3H3. The maximum Gasteiger partial charge on any atom is 0.295 e. The van der Waals surface area contributed by atoms with E-state index >= 15 is 0 Å². The summed E-state index contributed by atoms with van der Waals surface area (Å²) >= 11 is 0. The Kier molecular flexibility index (Phi) is 3.68. The minimum Gasteiger partial charge on any atom is -0.389 e. The van der Waals surface area contributed by atoms with Gasteiger partial charge in [-0.1, -0.05) is 13.8 Å². The minimum absolute atomic E-state index is 0.170. The van der Waals surface area contributed by atoms with Crippen LogP contribution in [0.15, 0.2) is 6.07 Å². The van der Waals surface area contributed by atoms with Gasteiger partial charge in [-0.2, -0.15) is 5.10 Å². The molecule has 0 bridgehead atoms. The lowest BCUT2D eigenvalue weighted by atomic mass is 10.1. The molecule has 1 aliphatic heterocycles. The van der Waals surface area contributed by atoms with Crippen molar-refractivity contribution in [2.75, 3.05) is 13.2 Å². The normalized spacial score (nSPS) is 19.8. The van der Waals surface area contributed by atoms with Crippen molar-refractivity contribution in [3.05, 3.63) is 17.5 Å². The molecule has 1 aliphatic rings. The van der Waals surface area contributed by atoms with Crippen LogP contribution in [-0.4, -0.2) is 45.1 Å². The molecular weight excluding hydrogens is 234 g/mol. The Labute approximate surface area is 106 Å². The van der Waals surface area contributed by atoms with Crippen LogP contribution in [-0.2, 0) is 11.4 Å². The van der Waals surface area contributed by atoms with Crippen molar-refractivity contribution in [2.24, 2.45) is 0 Å². The van der Waals surface area contributed by atoms with E-state index in [1.54, 1.807) is 10.7 Å². The van der Waals surface area contributed by atoms with Gasteiger partial charge in [0.25, 0.3) is 5.91 Å². The van der Waals surface area contributed by atoms with Gasteiger partial charge in [0.15, 0.2) is 0 Å². The molecule has 6 nitrogen and oxygen atoms in total.